The molecule has 0 aromatic carbocycles. The number of esters is 2. The number of unbranched alkanes of at least 4 members (excludes halogenated alkanes) is 2. The smallest absolute Gasteiger partial charge is 0.315 e. The second kappa shape index (κ2) is 9.74. The minimum atomic E-state index is -0.741. The van der Waals surface area contributed by atoms with Crippen LogP contribution in [0.1, 0.15) is 72.6 Å². The topological polar surface area (TPSA) is 52.6 Å². The number of allylic oxidation sites excluding steroid dienone is 2. The maximum absolute atomic E-state index is 12.4. The second-order valence-corrected chi connectivity index (χ2v) is 6.92. The van der Waals surface area contributed by atoms with Gasteiger partial charge in [-0.15, -0.1) is 0 Å². The highest BCUT2D eigenvalue weighted by Crippen LogP contribution is 2.32. The lowest BCUT2D eigenvalue weighted by Gasteiger charge is -2.24. The normalized spacial score (nSPS) is 21.4. The first-order chi connectivity index (χ1) is 10.9. The Bertz CT molecular complexity index is 412. The van der Waals surface area contributed by atoms with E-state index in [1.807, 2.05) is 0 Å². The molecule has 1 heterocycles. The van der Waals surface area contributed by atoms with Crippen LogP contribution in [0.15, 0.2) is 12.2 Å². The Morgan fingerprint density at radius 1 is 1.26 bits per heavy atom. The molecule has 0 amide bonds. The Hall–Kier alpha value is -1.32. The highest BCUT2D eigenvalue weighted by atomic mass is 16.6. The average molecular weight is 324 g/mol. The maximum Gasteiger partial charge on any atom is 0.315 e. The van der Waals surface area contributed by atoms with Gasteiger partial charge in [0.05, 0.1) is 5.92 Å². The monoisotopic (exact) mass is 324 g/mol. The standard InChI is InChI=1S/C19H32O4/c1-5-7-8-9-10-11-13-15(12-6-2)17(20)23-16-14-22-18(21)19(16,3)4/h8-9,15-16H,5-7,10-14H2,1-4H3. The Morgan fingerprint density at radius 2 is 1.96 bits per heavy atom. The number of hydrogen-bond acceptors (Lipinski definition) is 4. The van der Waals surface area contributed by atoms with Gasteiger partial charge in [0.2, 0.25) is 0 Å². The largest absolute Gasteiger partial charge is 0.461 e. The molecule has 1 fully saturated rings. The third-order valence-corrected chi connectivity index (χ3v) is 4.47. The Kier molecular flexibility index (Phi) is 8.35. The van der Waals surface area contributed by atoms with Crippen LogP contribution in [-0.4, -0.2) is 24.6 Å². The number of carbonyl (C=O) groups is 2. The molecule has 0 radical (unpaired) electrons. The molecule has 0 spiro atoms. The Morgan fingerprint density at radius 3 is 2.52 bits per heavy atom. The van der Waals surface area contributed by atoms with E-state index in [9.17, 15) is 9.59 Å². The van der Waals surface area contributed by atoms with Gasteiger partial charge in [0.15, 0.2) is 6.10 Å². The van der Waals surface area contributed by atoms with Gasteiger partial charge in [-0.1, -0.05) is 38.8 Å². The summed E-state index contributed by atoms with van der Waals surface area (Å²) in [5.41, 5.74) is -0.741. The first-order valence-electron chi connectivity index (χ1n) is 8.96. The minimum absolute atomic E-state index is 0.0777. The van der Waals surface area contributed by atoms with Gasteiger partial charge in [-0.3, -0.25) is 9.59 Å². The number of rotatable bonds is 10. The van der Waals surface area contributed by atoms with Crippen LogP contribution in [0.2, 0.25) is 0 Å². The van der Waals surface area contributed by atoms with Crippen LogP contribution in [0.4, 0.5) is 0 Å². The van der Waals surface area contributed by atoms with Gasteiger partial charge in [0.1, 0.15) is 12.0 Å². The zero-order chi connectivity index (χ0) is 17.3. The fourth-order valence-corrected chi connectivity index (χ4v) is 2.71. The summed E-state index contributed by atoms with van der Waals surface area (Å²) >= 11 is 0. The molecule has 23 heavy (non-hydrogen) atoms. The van der Waals surface area contributed by atoms with E-state index in [1.54, 1.807) is 13.8 Å². The second-order valence-electron chi connectivity index (χ2n) is 6.92. The lowest BCUT2D eigenvalue weighted by Crippen LogP contribution is -2.36. The van der Waals surface area contributed by atoms with Gasteiger partial charge >= 0.3 is 11.9 Å². The lowest BCUT2D eigenvalue weighted by atomic mass is 9.89. The summed E-state index contributed by atoms with van der Waals surface area (Å²) in [6.45, 7) is 7.96. The molecular weight excluding hydrogens is 292 g/mol. The molecule has 0 N–H and O–H groups in total. The van der Waals surface area contributed by atoms with E-state index in [1.165, 1.54) is 6.42 Å². The fourth-order valence-electron chi connectivity index (χ4n) is 2.71. The van der Waals surface area contributed by atoms with E-state index in [0.29, 0.717) is 0 Å². The molecule has 1 aliphatic rings. The molecular formula is C19H32O4. The van der Waals surface area contributed by atoms with Crippen molar-refractivity contribution in [2.24, 2.45) is 11.3 Å². The van der Waals surface area contributed by atoms with Crippen molar-refractivity contribution in [3.8, 4) is 0 Å². The van der Waals surface area contributed by atoms with Gasteiger partial charge in [0.25, 0.3) is 0 Å². The van der Waals surface area contributed by atoms with Crippen LogP contribution in [0.5, 0.6) is 0 Å². The van der Waals surface area contributed by atoms with E-state index >= 15 is 0 Å². The van der Waals surface area contributed by atoms with Gasteiger partial charge in [-0.25, -0.2) is 0 Å². The summed E-state index contributed by atoms with van der Waals surface area (Å²) in [6, 6.07) is 0. The number of carbonyl (C=O) groups excluding carboxylic acids is 2. The highest BCUT2D eigenvalue weighted by molar-refractivity contribution is 5.80. The fraction of sp³-hybridized carbons (Fsp3) is 0.789. The maximum atomic E-state index is 12.4. The van der Waals surface area contributed by atoms with E-state index in [4.69, 9.17) is 9.47 Å². The molecule has 0 bridgehead atoms. The molecule has 0 aromatic heterocycles. The highest BCUT2D eigenvalue weighted by Gasteiger charge is 2.47. The quantitative estimate of drug-likeness (QED) is 0.339. The summed E-state index contributed by atoms with van der Waals surface area (Å²) in [6.07, 6.45) is 10.8. The van der Waals surface area contributed by atoms with Crippen molar-refractivity contribution in [1.82, 2.24) is 0 Å². The Labute approximate surface area is 140 Å². The predicted octanol–water partition coefficient (Wildman–Crippen LogP) is 4.42. The summed E-state index contributed by atoms with van der Waals surface area (Å²) in [5, 5.41) is 0. The molecule has 1 rings (SSSR count). The van der Waals surface area contributed by atoms with E-state index in [2.05, 4.69) is 26.0 Å². The van der Waals surface area contributed by atoms with Crippen LogP contribution in [-0.2, 0) is 19.1 Å². The van der Waals surface area contributed by atoms with Crippen molar-refractivity contribution in [3.05, 3.63) is 12.2 Å². The molecule has 0 aliphatic carbocycles. The van der Waals surface area contributed by atoms with Gasteiger partial charge in [0, 0.05) is 0 Å². The molecule has 2 atom stereocenters. The van der Waals surface area contributed by atoms with Crippen molar-refractivity contribution in [2.75, 3.05) is 6.61 Å². The van der Waals surface area contributed by atoms with Crippen LogP contribution < -0.4 is 0 Å². The molecule has 4 nitrogen and oxygen atoms in total. The predicted molar refractivity (Wildman–Crippen MR) is 90.9 cm³/mol. The van der Waals surface area contributed by atoms with E-state index in [0.717, 1.165) is 38.5 Å². The molecule has 0 aromatic rings. The van der Waals surface area contributed by atoms with E-state index < -0.39 is 11.5 Å². The van der Waals surface area contributed by atoms with Crippen molar-refractivity contribution in [1.29, 1.82) is 0 Å². The third kappa shape index (κ3) is 6.00. The van der Waals surface area contributed by atoms with Crippen LogP contribution in [0, 0.1) is 11.3 Å². The zero-order valence-electron chi connectivity index (χ0n) is 15.1. The van der Waals surface area contributed by atoms with Crippen LogP contribution in [0.3, 0.4) is 0 Å². The number of ether oxygens (including phenoxy) is 2. The first-order valence-corrected chi connectivity index (χ1v) is 8.96. The summed E-state index contributed by atoms with van der Waals surface area (Å²) in [4.78, 5) is 24.1. The molecule has 2 unspecified atom stereocenters. The number of cyclic esters (lactones) is 1. The Balaban J connectivity index is 2.46. The third-order valence-electron chi connectivity index (χ3n) is 4.47. The van der Waals surface area contributed by atoms with E-state index in [-0.39, 0.29) is 24.5 Å². The van der Waals surface area contributed by atoms with Crippen LogP contribution >= 0.6 is 0 Å². The molecule has 1 saturated heterocycles. The lowest BCUT2D eigenvalue weighted by molar-refractivity contribution is -0.159. The first kappa shape index (κ1) is 19.7. The zero-order valence-corrected chi connectivity index (χ0v) is 15.1. The van der Waals surface area contributed by atoms with Gasteiger partial charge < -0.3 is 9.47 Å². The molecule has 132 valence electrons. The van der Waals surface area contributed by atoms with Crippen molar-refractivity contribution < 1.29 is 19.1 Å². The summed E-state index contributed by atoms with van der Waals surface area (Å²) in [7, 11) is 0. The summed E-state index contributed by atoms with van der Waals surface area (Å²) < 4.78 is 10.6. The van der Waals surface area contributed by atoms with Crippen molar-refractivity contribution >= 4 is 11.9 Å². The van der Waals surface area contributed by atoms with Crippen LogP contribution in [0.25, 0.3) is 0 Å². The number of hydrogen-bond donors (Lipinski definition) is 0. The van der Waals surface area contributed by atoms with Gasteiger partial charge in [-0.2, -0.15) is 0 Å². The average Bonchev–Trinajstić information content (AvgIpc) is 2.76. The van der Waals surface area contributed by atoms with Gasteiger partial charge in [-0.05, 0) is 46.0 Å². The minimum Gasteiger partial charge on any atom is -0.461 e. The molecule has 0 saturated carbocycles. The molecule has 1 aliphatic heterocycles. The van der Waals surface area contributed by atoms with Crippen molar-refractivity contribution in [3.63, 3.8) is 0 Å². The SMILES string of the molecule is CCCC=CCCCC(CCC)C(=O)OC1COC(=O)C1(C)C. The molecule has 4 heteroatoms. The van der Waals surface area contributed by atoms with Crippen molar-refractivity contribution in [2.45, 2.75) is 78.7 Å². The summed E-state index contributed by atoms with van der Waals surface area (Å²) in [5.74, 6) is -0.546.